The minimum Gasteiger partial charge on any atom is -0.382 e. The Morgan fingerprint density at radius 2 is 1.92 bits per heavy atom. The van der Waals surface area contributed by atoms with E-state index >= 15 is 0 Å². The molecule has 1 heterocycles. The Labute approximate surface area is 89.2 Å². The predicted octanol–water partition coefficient (Wildman–Crippen LogP) is 0.716. The van der Waals surface area contributed by atoms with E-state index in [9.17, 15) is 0 Å². The van der Waals surface area contributed by atoms with Crippen LogP contribution in [0.15, 0.2) is 0 Å². The molecule has 72 valence electrons. The lowest BCUT2D eigenvalue weighted by atomic mass is 10.2. The van der Waals surface area contributed by atoms with Crippen molar-refractivity contribution >= 4 is 26.9 Å². The number of hydrogen-bond donors (Lipinski definition) is 0. The van der Waals surface area contributed by atoms with Crippen LogP contribution >= 0.6 is 0 Å². The zero-order chi connectivity index (χ0) is 8.32. The molecule has 0 bridgehead atoms. The maximum atomic E-state index is 5.72. The van der Waals surface area contributed by atoms with Gasteiger partial charge in [0.2, 0.25) is 0 Å². The molecule has 0 N–H and O–H groups in total. The summed E-state index contributed by atoms with van der Waals surface area (Å²) >= 11 is 0. The summed E-state index contributed by atoms with van der Waals surface area (Å²) in [5.74, 6) is 0. The molecular weight excluding hydrogens is 179 g/mol. The molecule has 1 aliphatic heterocycles. The minimum atomic E-state index is -0.0184. The lowest BCUT2D eigenvalue weighted by molar-refractivity contribution is 0.0635. The van der Waals surface area contributed by atoms with E-state index in [1.54, 1.807) is 0 Å². The Hall–Kier alpha value is 0.709. The second kappa shape index (κ2) is 5.44. The summed E-state index contributed by atoms with van der Waals surface area (Å²) in [6.07, 6.45) is 4.02. The van der Waals surface area contributed by atoms with E-state index in [0.717, 1.165) is 6.61 Å². The van der Waals surface area contributed by atoms with Crippen molar-refractivity contribution in [1.29, 1.82) is 0 Å². The maximum Gasteiger partial charge on any atom is 0.187 e. The van der Waals surface area contributed by atoms with E-state index in [-0.39, 0.29) is 26.9 Å². The third kappa shape index (κ3) is 5.37. The van der Waals surface area contributed by atoms with Gasteiger partial charge in [0, 0.05) is 12.3 Å². The van der Waals surface area contributed by atoms with Crippen LogP contribution in [0, 0.1) is 0 Å². The van der Waals surface area contributed by atoms with E-state index < -0.39 is 0 Å². The van der Waals surface area contributed by atoms with Gasteiger partial charge in [0.05, 0.1) is 9.52 Å². The molecule has 1 nitrogen and oxygen atoms in total. The van der Waals surface area contributed by atoms with Crippen LogP contribution in [0.25, 0.3) is 0 Å². The van der Waals surface area contributed by atoms with Crippen LogP contribution in [-0.2, 0) is 4.74 Å². The molecular formula is C9H23AlOSi. The average Bonchev–Trinajstić information content (AvgIpc) is 1.85. The average molecular weight is 202 g/mol. The second-order valence-corrected chi connectivity index (χ2v) is 8.19. The Morgan fingerprint density at radius 1 is 1.25 bits per heavy atom. The molecule has 0 spiro atoms. The maximum absolute atomic E-state index is 5.72. The molecule has 12 heavy (non-hydrogen) atoms. The molecule has 0 aromatic carbocycles. The van der Waals surface area contributed by atoms with Crippen molar-refractivity contribution in [2.45, 2.75) is 50.8 Å². The fourth-order valence-electron chi connectivity index (χ4n) is 1.65. The van der Waals surface area contributed by atoms with Crippen LogP contribution in [0.3, 0.4) is 0 Å². The molecule has 0 aromatic heterocycles. The Morgan fingerprint density at radius 3 is 2.33 bits per heavy atom. The third-order valence-corrected chi connectivity index (χ3v) is 4.44. The quantitative estimate of drug-likeness (QED) is 0.569. The van der Waals surface area contributed by atoms with Gasteiger partial charge in [0.1, 0.15) is 0 Å². The molecule has 1 saturated heterocycles. The molecule has 1 aliphatic rings. The highest BCUT2D eigenvalue weighted by Gasteiger charge is 2.21. The van der Waals surface area contributed by atoms with Gasteiger partial charge in [-0.3, -0.25) is 0 Å². The summed E-state index contributed by atoms with van der Waals surface area (Å²) < 4.78 is 5.72. The number of hydrogen-bond acceptors (Lipinski definition) is 1. The van der Waals surface area contributed by atoms with Crippen molar-refractivity contribution in [3.63, 3.8) is 0 Å². The van der Waals surface area contributed by atoms with Gasteiger partial charge < -0.3 is 4.74 Å². The lowest BCUT2D eigenvalue weighted by Crippen LogP contribution is -2.30. The van der Waals surface area contributed by atoms with Crippen LogP contribution in [0.2, 0.25) is 5.04 Å². The summed E-state index contributed by atoms with van der Waals surface area (Å²) in [5.41, 5.74) is 0.684. The summed E-state index contributed by atoms with van der Waals surface area (Å²) in [7, 11) is -0.0184. The molecule has 1 fully saturated rings. The topological polar surface area (TPSA) is 9.23 Å². The molecule has 1 atom stereocenters. The van der Waals surface area contributed by atoms with E-state index in [1.807, 2.05) is 0 Å². The molecule has 1 rings (SSSR count). The zero-order valence-electron chi connectivity index (χ0n) is 8.02. The Kier molecular flexibility index (Phi) is 5.76. The zero-order valence-corrected chi connectivity index (χ0v) is 9.44. The SMILES string of the molecule is CC(C)(C)[SiH2]C1CCCCO1.[AlH3]. The first-order valence-corrected chi connectivity index (χ1v) is 6.22. The summed E-state index contributed by atoms with van der Waals surface area (Å²) in [5, 5.41) is 0.571. The highest BCUT2D eigenvalue weighted by Crippen LogP contribution is 2.25. The highest BCUT2D eigenvalue weighted by atomic mass is 28.2. The minimum absolute atomic E-state index is 0. The van der Waals surface area contributed by atoms with Gasteiger partial charge in [-0.1, -0.05) is 20.8 Å². The first-order chi connectivity index (χ1) is 5.08. The van der Waals surface area contributed by atoms with Gasteiger partial charge >= 0.3 is 0 Å². The molecule has 0 aliphatic carbocycles. The smallest absolute Gasteiger partial charge is 0.187 e. The van der Waals surface area contributed by atoms with E-state index in [2.05, 4.69) is 20.8 Å². The third-order valence-electron chi connectivity index (χ3n) is 2.11. The molecule has 0 radical (unpaired) electrons. The lowest BCUT2D eigenvalue weighted by Gasteiger charge is -2.28. The largest absolute Gasteiger partial charge is 0.382 e. The van der Waals surface area contributed by atoms with Crippen LogP contribution in [-0.4, -0.2) is 39.2 Å². The molecule has 1 unspecified atom stereocenters. The number of ether oxygens (including phenoxy) is 1. The van der Waals surface area contributed by atoms with E-state index in [4.69, 9.17) is 4.74 Å². The van der Waals surface area contributed by atoms with Crippen molar-refractivity contribution in [1.82, 2.24) is 0 Å². The number of rotatable bonds is 1. The normalized spacial score (nSPS) is 25.8. The molecule has 0 aromatic rings. The van der Waals surface area contributed by atoms with Crippen molar-refractivity contribution in [2.24, 2.45) is 0 Å². The van der Waals surface area contributed by atoms with E-state index in [1.165, 1.54) is 19.3 Å². The predicted molar refractivity (Wildman–Crippen MR) is 61.8 cm³/mol. The van der Waals surface area contributed by atoms with Gasteiger partial charge in [-0.15, -0.1) is 0 Å². The van der Waals surface area contributed by atoms with Crippen molar-refractivity contribution in [3.8, 4) is 0 Å². The Balaban J connectivity index is 0.00000121. The van der Waals surface area contributed by atoms with Gasteiger partial charge in [-0.25, -0.2) is 0 Å². The highest BCUT2D eigenvalue weighted by molar-refractivity contribution is 6.41. The van der Waals surface area contributed by atoms with Crippen LogP contribution in [0.1, 0.15) is 40.0 Å². The monoisotopic (exact) mass is 202 g/mol. The van der Waals surface area contributed by atoms with Gasteiger partial charge in [0.15, 0.2) is 17.4 Å². The molecule has 0 saturated carbocycles. The van der Waals surface area contributed by atoms with Crippen LogP contribution in [0.4, 0.5) is 0 Å². The van der Waals surface area contributed by atoms with Crippen LogP contribution in [0.5, 0.6) is 0 Å². The Bertz CT molecular complexity index is 116. The van der Waals surface area contributed by atoms with E-state index in [0.29, 0.717) is 10.8 Å². The summed E-state index contributed by atoms with van der Waals surface area (Å²) in [6.45, 7) is 8.05. The van der Waals surface area contributed by atoms with Crippen molar-refractivity contribution < 1.29 is 4.74 Å². The molecule has 0 amide bonds. The van der Waals surface area contributed by atoms with Crippen LogP contribution < -0.4 is 0 Å². The standard InChI is InChI=1S/C9H20OSi.Al.3H/c1-9(2,3)11-8-6-4-5-7-10-8;;;;/h8H,4-7,11H2,1-3H3;;;;. The first-order valence-electron chi connectivity index (χ1n) is 4.69. The second-order valence-electron chi connectivity index (χ2n) is 4.75. The molecule has 3 heteroatoms. The fourth-order valence-corrected chi connectivity index (χ4v) is 3.79. The summed E-state index contributed by atoms with van der Waals surface area (Å²) in [4.78, 5) is 0. The van der Waals surface area contributed by atoms with Gasteiger partial charge in [-0.05, 0) is 24.3 Å². The summed E-state index contributed by atoms with van der Waals surface area (Å²) in [6, 6.07) is 0. The first kappa shape index (κ1) is 12.7. The van der Waals surface area contributed by atoms with Gasteiger partial charge in [0.25, 0.3) is 0 Å². The van der Waals surface area contributed by atoms with Gasteiger partial charge in [-0.2, -0.15) is 0 Å². The van der Waals surface area contributed by atoms with Crippen molar-refractivity contribution in [3.05, 3.63) is 0 Å². The fraction of sp³-hybridized carbons (Fsp3) is 1.00. The van der Waals surface area contributed by atoms with Crippen molar-refractivity contribution in [2.75, 3.05) is 6.61 Å².